The third-order valence-corrected chi connectivity index (χ3v) is 2.98. The maximum atomic E-state index is 4.44. The van der Waals surface area contributed by atoms with E-state index in [0.29, 0.717) is 12.1 Å². The van der Waals surface area contributed by atoms with Crippen molar-refractivity contribution in [3.05, 3.63) is 18.0 Å². The Morgan fingerprint density at radius 3 is 2.69 bits per heavy atom. The van der Waals surface area contributed by atoms with Gasteiger partial charge < -0.3 is 5.32 Å². The molecule has 0 radical (unpaired) electrons. The first-order chi connectivity index (χ1) is 7.69. The van der Waals surface area contributed by atoms with Gasteiger partial charge in [0.05, 0.1) is 6.20 Å². The monoisotopic (exact) mass is 223 g/mol. The van der Waals surface area contributed by atoms with Gasteiger partial charge in [-0.25, -0.2) is 0 Å². The van der Waals surface area contributed by atoms with Gasteiger partial charge in [-0.05, 0) is 33.2 Å². The molecule has 1 rings (SSSR count). The number of hydrogen-bond acceptors (Lipinski definition) is 2. The van der Waals surface area contributed by atoms with E-state index < -0.39 is 0 Å². The molecule has 0 saturated carbocycles. The van der Waals surface area contributed by atoms with Crippen molar-refractivity contribution >= 4 is 0 Å². The zero-order valence-electron chi connectivity index (χ0n) is 11.0. The SMILES string of the molecule is CCCNC(C)c1cnn(C(C)CCC)c1. The highest BCUT2D eigenvalue weighted by Crippen LogP contribution is 2.16. The van der Waals surface area contributed by atoms with Gasteiger partial charge in [0.2, 0.25) is 0 Å². The normalized spacial score (nSPS) is 15.0. The van der Waals surface area contributed by atoms with Gasteiger partial charge in [0, 0.05) is 23.8 Å². The van der Waals surface area contributed by atoms with Crippen LogP contribution in [0.4, 0.5) is 0 Å². The van der Waals surface area contributed by atoms with E-state index in [4.69, 9.17) is 0 Å². The van der Waals surface area contributed by atoms with Crippen LogP contribution in [-0.4, -0.2) is 16.3 Å². The molecule has 0 aliphatic heterocycles. The molecule has 0 aliphatic rings. The second kappa shape index (κ2) is 6.69. The minimum Gasteiger partial charge on any atom is -0.310 e. The van der Waals surface area contributed by atoms with Gasteiger partial charge in [-0.2, -0.15) is 5.10 Å². The van der Waals surface area contributed by atoms with Gasteiger partial charge in [0.25, 0.3) is 0 Å². The smallest absolute Gasteiger partial charge is 0.0537 e. The Morgan fingerprint density at radius 2 is 2.06 bits per heavy atom. The molecular weight excluding hydrogens is 198 g/mol. The van der Waals surface area contributed by atoms with E-state index in [-0.39, 0.29) is 0 Å². The summed E-state index contributed by atoms with van der Waals surface area (Å²) in [5, 5.41) is 7.92. The van der Waals surface area contributed by atoms with Gasteiger partial charge in [-0.3, -0.25) is 4.68 Å². The van der Waals surface area contributed by atoms with Crippen molar-refractivity contribution in [2.24, 2.45) is 0 Å². The first-order valence-electron chi connectivity index (χ1n) is 6.46. The molecule has 1 N–H and O–H groups in total. The van der Waals surface area contributed by atoms with Gasteiger partial charge in [-0.15, -0.1) is 0 Å². The minimum atomic E-state index is 0.405. The number of nitrogens with zero attached hydrogens (tertiary/aromatic N) is 2. The van der Waals surface area contributed by atoms with Crippen LogP contribution in [0, 0.1) is 0 Å². The van der Waals surface area contributed by atoms with Crippen molar-refractivity contribution in [1.82, 2.24) is 15.1 Å². The Hall–Kier alpha value is -0.830. The quantitative estimate of drug-likeness (QED) is 0.768. The topological polar surface area (TPSA) is 29.9 Å². The zero-order valence-corrected chi connectivity index (χ0v) is 11.0. The van der Waals surface area contributed by atoms with Crippen LogP contribution in [0.2, 0.25) is 0 Å². The Morgan fingerprint density at radius 1 is 1.31 bits per heavy atom. The molecule has 1 heterocycles. The highest BCUT2D eigenvalue weighted by Gasteiger charge is 2.09. The number of nitrogens with one attached hydrogen (secondary N) is 1. The standard InChI is InChI=1S/C13H25N3/c1-5-7-11(3)16-10-13(9-15-16)12(4)14-8-6-2/h9-12,14H,5-8H2,1-4H3. The third-order valence-electron chi connectivity index (χ3n) is 2.98. The maximum Gasteiger partial charge on any atom is 0.0537 e. The lowest BCUT2D eigenvalue weighted by molar-refractivity contribution is 0.453. The van der Waals surface area contributed by atoms with E-state index in [1.165, 1.54) is 24.8 Å². The van der Waals surface area contributed by atoms with Crippen LogP contribution >= 0.6 is 0 Å². The average Bonchev–Trinajstić information content (AvgIpc) is 2.75. The van der Waals surface area contributed by atoms with E-state index in [1.807, 2.05) is 6.20 Å². The molecule has 1 aromatic heterocycles. The van der Waals surface area contributed by atoms with E-state index in [0.717, 1.165) is 6.54 Å². The van der Waals surface area contributed by atoms with E-state index in [1.54, 1.807) is 0 Å². The van der Waals surface area contributed by atoms with Crippen molar-refractivity contribution in [2.45, 2.75) is 59.0 Å². The van der Waals surface area contributed by atoms with Gasteiger partial charge in [-0.1, -0.05) is 20.3 Å². The van der Waals surface area contributed by atoms with Crippen molar-refractivity contribution < 1.29 is 0 Å². The molecule has 0 amide bonds. The Kier molecular flexibility index (Phi) is 5.53. The fourth-order valence-electron chi connectivity index (χ4n) is 1.85. The summed E-state index contributed by atoms with van der Waals surface area (Å²) >= 11 is 0. The second-order valence-electron chi connectivity index (χ2n) is 4.57. The minimum absolute atomic E-state index is 0.405. The molecule has 16 heavy (non-hydrogen) atoms. The summed E-state index contributed by atoms with van der Waals surface area (Å²) in [6.07, 6.45) is 7.73. The highest BCUT2D eigenvalue weighted by molar-refractivity contribution is 5.09. The number of hydrogen-bond donors (Lipinski definition) is 1. The molecule has 0 saturated heterocycles. The summed E-state index contributed by atoms with van der Waals surface area (Å²) in [6.45, 7) is 9.89. The maximum absolute atomic E-state index is 4.44. The van der Waals surface area contributed by atoms with Crippen LogP contribution < -0.4 is 5.32 Å². The molecule has 0 bridgehead atoms. The molecule has 3 nitrogen and oxygen atoms in total. The van der Waals surface area contributed by atoms with Crippen LogP contribution in [0.1, 0.15) is 64.6 Å². The highest BCUT2D eigenvalue weighted by atomic mass is 15.3. The third kappa shape index (κ3) is 3.63. The van der Waals surface area contributed by atoms with Crippen molar-refractivity contribution in [3.8, 4) is 0 Å². The molecule has 1 aromatic rings. The Labute approximate surface area is 99.2 Å². The van der Waals surface area contributed by atoms with Crippen LogP contribution in [0.15, 0.2) is 12.4 Å². The Balaban J connectivity index is 2.56. The summed E-state index contributed by atoms with van der Waals surface area (Å²) in [4.78, 5) is 0. The van der Waals surface area contributed by atoms with E-state index in [2.05, 4.69) is 49.0 Å². The molecule has 2 atom stereocenters. The molecule has 92 valence electrons. The fourth-order valence-corrected chi connectivity index (χ4v) is 1.85. The summed E-state index contributed by atoms with van der Waals surface area (Å²) in [6, 6.07) is 0.916. The van der Waals surface area contributed by atoms with Crippen LogP contribution in [-0.2, 0) is 0 Å². The lowest BCUT2D eigenvalue weighted by Gasteiger charge is -2.12. The molecular formula is C13H25N3. The van der Waals surface area contributed by atoms with E-state index in [9.17, 15) is 0 Å². The van der Waals surface area contributed by atoms with Crippen molar-refractivity contribution in [2.75, 3.05) is 6.54 Å². The average molecular weight is 223 g/mol. The first-order valence-corrected chi connectivity index (χ1v) is 6.46. The summed E-state index contributed by atoms with van der Waals surface area (Å²) in [5.74, 6) is 0. The summed E-state index contributed by atoms with van der Waals surface area (Å²) in [5.41, 5.74) is 1.29. The van der Waals surface area contributed by atoms with E-state index >= 15 is 0 Å². The lowest BCUT2D eigenvalue weighted by Crippen LogP contribution is -2.18. The first kappa shape index (κ1) is 13.2. The second-order valence-corrected chi connectivity index (χ2v) is 4.57. The van der Waals surface area contributed by atoms with Crippen LogP contribution in [0.25, 0.3) is 0 Å². The van der Waals surface area contributed by atoms with Crippen LogP contribution in [0.3, 0.4) is 0 Å². The Bertz CT molecular complexity index is 293. The zero-order chi connectivity index (χ0) is 12.0. The predicted molar refractivity (Wildman–Crippen MR) is 68.6 cm³/mol. The number of rotatable bonds is 7. The molecule has 0 fully saturated rings. The van der Waals surface area contributed by atoms with Gasteiger partial charge >= 0.3 is 0 Å². The van der Waals surface area contributed by atoms with Crippen molar-refractivity contribution in [3.63, 3.8) is 0 Å². The number of aromatic nitrogens is 2. The predicted octanol–water partition coefficient (Wildman–Crippen LogP) is 3.30. The van der Waals surface area contributed by atoms with Gasteiger partial charge in [0.1, 0.15) is 0 Å². The lowest BCUT2D eigenvalue weighted by atomic mass is 10.2. The van der Waals surface area contributed by atoms with Crippen molar-refractivity contribution in [1.29, 1.82) is 0 Å². The summed E-state index contributed by atoms with van der Waals surface area (Å²) < 4.78 is 2.09. The molecule has 2 unspecified atom stereocenters. The summed E-state index contributed by atoms with van der Waals surface area (Å²) in [7, 11) is 0. The largest absolute Gasteiger partial charge is 0.310 e. The van der Waals surface area contributed by atoms with Gasteiger partial charge in [0.15, 0.2) is 0 Å². The van der Waals surface area contributed by atoms with Crippen LogP contribution in [0.5, 0.6) is 0 Å². The molecule has 0 aliphatic carbocycles. The molecule has 3 heteroatoms. The molecule has 0 spiro atoms. The molecule has 0 aromatic carbocycles. The fraction of sp³-hybridized carbons (Fsp3) is 0.769.